The monoisotopic (exact) mass is 453 g/mol. The summed E-state index contributed by atoms with van der Waals surface area (Å²) in [4.78, 5) is 17.0. The van der Waals surface area contributed by atoms with Crippen LogP contribution in [0.5, 0.6) is 0 Å². The second-order valence-electron chi connectivity index (χ2n) is 8.16. The number of hydrogen-bond acceptors (Lipinski definition) is 4. The van der Waals surface area contributed by atoms with Gasteiger partial charge in [0.25, 0.3) is 10.0 Å². The molecule has 5 rings (SSSR count). The van der Waals surface area contributed by atoms with Gasteiger partial charge in [0, 0.05) is 50.2 Å². The lowest BCUT2D eigenvalue weighted by molar-refractivity contribution is -0.131. The van der Waals surface area contributed by atoms with Gasteiger partial charge in [-0.3, -0.25) is 9.10 Å². The summed E-state index contributed by atoms with van der Waals surface area (Å²) < 4.78 is 40.6. The largest absolute Gasteiger partial charge is 0.368 e. The molecule has 0 saturated carbocycles. The Morgan fingerprint density at radius 1 is 0.906 bits per heavy atom. The number of amides is 1. The van der Waals surface area contributed by atoms with E-state index in [9.17, 15) is 17.6 Å². The fourth-order valence-corrected chi connectivity index (χ4v) is 6.35. The first kappa shape index (κ1) is 20.8. The third-order valence-corrected chi connectivity index (χ3v) is 8.11. The lowest BCUT2D eigenvalue weighted by Crippen LogP contribution is -2.48. The summed E-state index contributed by atoms with van der Waals surface area (Å²) in [6.45, 7) is 2.85. The van der Waals surface area contributed by atoms with Gasteiger partial charge in [0.15, 0.2) is 0 Å². The molecule has 2 aliphatic rings. The summed E-state index contributed by atoms with van der Waals surface area (Å²) in [7, 11) is -3.59. The third kappa shape index (κ3) is 3.58. The number of carbonyl (C=O) groups excluding carboxylic acids is 1. The molecule has 6 nitrogen and oxygen atoms in total. The Labute approximate surface area is 186 Å². The highest BCUT2D eigenvalue weighted by atomic mass is 32.2. The molecule has 2 heterocycles. The molecule has 32 heavy (non-hydrogen) atoms. The van der Waals surface area contributed by atoms with Crippen molar-refractivity contribution in [3.63, 3.8) is 0 Å². The van der Waals surface area contributed by atoms with Gasteiger partial charge >= 0.3 is 0 Å². The van der Waals surface area contributed by atoms with Crippen LogP contribution in [0.1, 0.15) is 12.8 Å². The van der Waals surface area contributed by atoms with E-state index < -0.39 is 10.0 Å². The predicted molar refractivity (Wildman–Crippen MR) is 123 cm³/mol. The molecule has 0 N–H and O–H groups in total. The highest BCUT2D eigenvalue weighted by Gasteiger charge is 2.35. The van der Waals surface area contributed by atoms with Crippen molar-refractivity contribution in [2.24, 2.45) is 0 Å². The first-order valence-electron chi connectivity index (χ1n) is 10.8. The number of nitrogens with zero attached hydrogens (tertiary/aromatic N) is 3. The molecule has 0 aliphatic carbocycles. The Hall–Kier alpha value is -3.13. The fourth-order valence-electron chi connectivity index (χ4n) is 4.60. The number of hydrogen-bond donors (Lipinski definition) is 0. The smallest absolute Gasteiger partial charge is 0.265 e. The Morgan fingerprint density at radius 3 is 2.31 bits per heavy atom. The maximum Gasteiger partial charge on any atom is 0.265 e. The van der Waals surface area contributed by atoms with Gasteiger partial charge in [0.05, 0.1) is 10.6 Å². The van der Waals surface area contributed by atoms with E-state index in [4.69, 9.17) is 0 Å². The minimum absolute atomic E-state index is 0.0380. The first-order valence-corrected chi connectivity index (χ1v) is 12.2. The minimum atomic E-state index is -3.59. The van der Waals surface area contributed by atoms with Crippen LogP contribution >= 0.6 is 0 Å². The number of piperazine rings is 1. The summed E-state index contributed by atoms with van der Waals surface area (Å²) >= 11 is 0. The number of anilines is 2. The van der Waals surface area contributed by atoms with E-state index in [2.05, 4.69) is 4.90 Å². The zero-order valence-corrected chi connectivity index (χ0v) is 18.4. The van der Waals surface area contributed by atoms with Crippen molar-refractivity contribution in [1.82, 2.24) is 4.90 Å². The molecule has 0 aromatic heterocycles. The molecule has 1 amide bonds. The fraction of sp³-hybridized carbons (Fsp3) is 0.292. The van der Waals surface area contributed by atoms with E-state index in [1.807, 2.05) is 29.2 Å². The summed E-state index contributed by atoms with van der Waals surface area (Å²) in [6.07, 6.45) is 0.759. The highest BCUT2D eigenvalue weighted by Crippen LogP contribution is 2.42. The van der Waals surface area contributed by atoms with Crippen LogP contribution in [0.4, 0.5) is 15.8 Å². The summed E-state index contributed by atoms with van der Waals surface area (Å²) in [5.41, 5.74) is 1.64. The van der Waals surface area contributed by atoms with Gasteiger partial charge in [-0.1, -0.05) is 24.3 Å². The molecule has 0 atom stereocenters. The summed E-state index contributed by atoms with van der Waals surface area (Å²) in [6, 6.07) is 17.3. The van der Waals surface area contributed by atoms with Crippen molar-refractivity contribution in [1.29, 1.82) is 0 Å². The van der Waals surface area contributed by atoms with E-state index >= 15 is 0 Å². The van der Waals surface area contributed by atoms with Crippen molar-refractivity contribution in [2.75, 3.05) is 41.9 Å². The van der Waals surface area contributed by atoms with Gasteiger partial charge in [0.1, 0.15) is 5.82 Å². The quantitative estimate of drug-likeness (QED) is 0.592. The number of halogens is 1. The van der Waals surface area contributed by atoms with Gasteiger partial charge in [-0.15, -0.1) is 0 Å². The average Bonchev–Trinajstić information content (AvgIpc) is 3.03. The van der Waals surface area contributed by atoms with Gasteiger partial charge in [0.2, 0.25) is 5.91 Å². The van der Waals surface area contributed by atoms with E-state index in [1.165, 1.54) is 16.4 Å². The molecule has 0 unspecified atom stereocenters. The maximum atomic E-state index is 13.1. The molecular formula is C24H24FN3O3S. The molecule has 3 aromatic rings. The van der Waals surface area contributed by atoms with Crippen LogP contribution < -0.4 is 9.21 Å². The summed E-state index contributed by atoms with van der Waals surface area (Å²) in [5, 5.41) is 1.67. The normalized spacial score (nSPS) is 17.2. The zero-order chi connectivity index (χ0) is 22.3. The lowest BCUT2D eigenvalue weighted by Gasteiger charge is -2.36. The average molecular weight is 454 g/mol. The van der Waals surface area contributed by atoms with Crippen molar-refractivity contribution >= 4 is 38.1 Å². The van der Waals surface area contributed by atoms with Crippen LogP contribution in [0.25, 0.3) is 10.8 Å². The van der Waals surface area contributed by atoms with Crippen molar-refractivity contribution in [3.8, 4) is 0 Å². The first-order chi connectivity index (χ1) is 15.4. The number of sulfonamides is 1. The van der Waals surface area contributed by atoms with E-state index in [-0.39, 0.29) is 18.3 Å². The van der Waals surface area contributed by atoms with Crippen molar-refractivity contribution in [3.05, 3.63) is 66.5 Å². The molecule has 0 bridgehead atoms. The molecule has 8 heteroatoms. The van der Waals surface area contributed by atoms with Gasteiger partial charge in [-0.05, 0) is 48.2 Å². The predicted octanol–water partition coefficient (Wildman–Crippen LogP) is 3.62. The Morgan fingerprint density at radius 2 is 1.59 bits per heavy atom. The number of benzene rings is 3. The molecule has 1 saturated heterocycles. The van der Waals surface area contributed by atoms with Crippen LogP contribution in [-0.4, -0.2) is 51.9 Å². The molecule has 3 aromatic carbocycles. The van der Waals surface area contributed by atoms with Crippen LogP contribution in [0, 0.1) is 5.82 Å². The van der Waals surface area contributed by atoms with E-state index in [0.717, 1.165) is 16.5 Å². The number of rotatable bonds is 5. The van der Waals surface area contributed by atoms with Crippen LogP contribution in [-0.2, 0) is 14.8 Å². The SMILES string of the molecule is O=C(CCCN1c2cccc3cccc(c23)S1(=O)=O)N1CCN(c2ccc(F)cc2)CC1. The molecule has 166 valence electrons. The summed E-state index contributed by atoms with van der Waals surface area (Å²) in [5.74, 6) is -0.224. The molecule has 1 fully saturated rings. The lowest BCUT2D eigenvalue weighted by atomic mass is 10.1. The Bertz CT molecular complexity index is 1260. The zero-order valence-electron chi connectivity index (χ0n) is 17.6. The molecule has 0 spiro atoms. The van der Waals surface area contributed by atoms with E-state index in [0.29, 0.717) is 49.6 Å². The van der Waals surface area contributed by atoms with Crippen molar-refractivity contribution in [2.45, 2.75) is 17.7 Å². The topological polar surface area (TPSA) is 60.9 Å². The van der Waals surface area contributed by atoms with E-state index in [1.54, 1.807) is 24.3 Å². The highest BCUT2D eigenvalue weighted by molar-refractivity contribution is 7.93. The Balaban J connectivity index is 1.18. The number of carbonyl (C=O) groups is 1. The van der Waals surface area contributed by atoms with Crippen LogP contribution in [0.2, 0.25) is 0 Å². The maximum absolute atomic E-state index is 13.1. The molecule has 0 radical (unpaired) electrons. The minimum Gasteiger partial charge on any atom is -0.368 e. The molecular weight excluding hydrogens is 429 g/mol. The Kier molecular flexibility index (Phi) is 5.25. The standard InChI is InChI=1S/C24H24FN3O3S/c25-19-9-11-20(12-10-19)26-14-16-27(17-15-26)23(29)8-3-13-28-21-6-1-4-18-5-2-7-22(24(18)21)32(28,30)31/h1-2,4-7,9-12H,3,8,13-17H2. The van der Waals surface area contributed by atoms with Gasteiger partial charge in [-0.2, -0.15) is 0 Å². The van der Waals surface area contributed by atoms with Gasteiger partial charge in [-0.25, -0.2) is 12.8 Å². The van der Waals surface area contributed by atoms with Gasteiger partial charge < -0.3 is 9.80 Å². The third-order valence-electron chi connectivity index (χ3n) is 6.26. The second kappa shape index (κ2) is 8.09. The van der Waals surface area contributed by atoms with Crippen LogP contribution in [0.15, 0.2) is 65.6 Å². The molecule has 2 aliphatic heterocycles. The van der Waals surface area contributed by atoms with Crippen molar-refractivity contribution < 1.29 is 17.6 Å². The second-order valence-corrected chi connectivity index (χ2v) is 9.99. The van der Waals surface area contributed by atoms with Crippen LogP contribution in [0.3, 0.4) is 0 Å².